The van der Waals surface area contributed by atoms with Crippen LogP contribution in [0.4, 0.5) is 0 Å². The molecule has 1 aromatic carbocycles. The zero-order chi connectivity index (χ0) is 12.9. The van der Waals surface area contributed by atoms with Gasteiger partial charge in [0.25, 0.3) is 0 Å². The van der Waals surface area contributed by atoms with Crippen LogP contribution in [0.15, 0.2) is 23.2 Å². The van der Waals surface area contributed by atoms with Gasteiger partial charge in [0.15, 0.2) is 5.96 Å². The fraction of sp³-hybridized carbons (Fsp3) is 0.462. The van der Waals surface area contributed by atoms with E-state index in [1.54, 1.807) is 12.1 Å². The number of hydrogen-bond acceptors (Lipinski definition) is 5. The lowest BCUT2D eigenvalue weighted by Gasteiger charge is -2.38. The highest BCUT2D eigenvalue weighted by atomic mass is 16.5. The molecule has 0 saturated carbocycles. The zero-order valence-electron chi connectivity index (χ0n) is 10.6. The molecular weight excluding hydrogens is 230 g/mol. The summed E-state index contributed by atoms with van der Waals surface area (Å²) in [5, 5.41) is 9.51. The Morgan fingerprint density at radius 1 is 1.50 bits per heavy atom. The second kappa shape index (κ2) is 3.54. The smallest absolute Gasteiger partial charge is 0.192 e. The van der Waals surface area contributed by atoms with Gasteiger partial charge >= 0.3 is 0 Å². The van der Waals surface area contributed by atoms with Gasteiger partial charge in [0.2, 0.25) is 0 Å². The molecular formula is C13H17N3O2. The number of aromatic hydroxyl groups is 1. The van der Waals surface area contributed by atoms with Crippen LogP contribution < -0.4 is 10.5 Å². The Bertz CT molecular complexity index is 527. The summed E-state index contributed by atoms with van der Waals surface area (Å²) in [5.74, 6) is 1.51. The van der Waals surface area contributed by atoms with Crippen LogP contribution in [-0.2, 0) is 5.54 Å². The third-order valence-corrected chi connectivity index (χ3v) is 3.66. The monoisotopic (exact) mass is 247 g/mol. The molecule has 2 aliphatic heterocycles. The van der Waals surface area contributed by atoms with E-state index in [0.29, 0.717) is 19.1 Å². The molecule has 0 bridgehead atoms. The van der Waals surface area contributed by atoms with Crippen molar-refractivity contribution in [3.05, 3.63) is 23.8 Å². The van der Waals surface area contributed by atoms with E-state index in [2.05, 4.69) is 23.7 Å². The molecule has 1 spiro atoms. The summed E-state index contributed by atoms with van der Waals surface area (Å²) in [6.07, 6.45) is 0. The summed E-state index contributed by atoms with van der Waals surface area (Å²) in [6, 6.07) is 5.49. The summed E-state index contributed by atoms with van der Waals surface area (Å²) in [7, 11) is 0. The van der Waals surface area contributed by atoms with Gasteiger partial charge < -0.3 is 20.5 Å². The molecule has 0 fully saturated rings. The summed E-state index contributed by atoms with van der Waals surface area (Å²) in [5.41, 5.74) is 6.74. The maximum Gasteiger partial charge on any atom is 0.192 e. The van der Waals surface area contributed by atoms with Crippen LogP contribution in [0.5, 0.6) is 11.5 Å². The van der Waals surface area contributed by atoms with Crippen molar-refractivity contribution in [1.82, 2.24) is 4.90 Å². The average Bonchev–Trinajstić information content (AvgIpc) is 2.82. The van der Waals surface area contributed by atoms with Crippen LogP contribution in [0.25, 0.3) is 0 Å². The molecule has 0 aromatic heterocycles. The Balaban J connectivity index is 2.10. The van der Waals surface area contributed by atoms with Crippen LogP contribution in [0.1, 0.15) is 19.4 Å². The molecule has 1 atom stereocenters. The van der Waals surface area contributed by atoms with Gasteiger partial charge in [0, 0.05) is 17.7 Å². The maximum absolute atomic E-state index is 9.51. The number of hydrogen-bond donors (Lipinski definition) is 2. The third-order valence-electron chi connectivity index (χ3n) is 3.66. The van der Waals surface area contributed by atoms with Crippen molar-refractivity contribution in [1.29, 1.82) is 0 Å². The van der Waals surface area contributed by atoms with Gasteiger partial charge in [0.05, 0.1) is 6.54 Å². The number of phenols is 1. The van der Waals surface area contributed by atoms with E-state index in [4.69, 9.17) is 10.5 Å². The minimum atomic E-state index is -0.304. The number of phenolic OH excluding ortho intramolecular Hbond substituents is 1. The molecule has 5 nitrogen and oxygen atoms in total. The fourth-order valence-electron chi connectivity index (χ4n) is 2.96. The van der Waals surface area contributed by atoms with Crippen molar-refractivity contribution in [2.75, 3.05) is 13.2 Å². The quantitative estimate of drug-likeness (QED) is 0.777. The van der Waals surface area contributed by atoms with Crippen molar-refractivity contribution in [2.45, 2.75) is 25.4 Å². The minimum absolute atomic E-state index is 0.216. The average molecular weight is 247 g/mol. The Labute approximate surface area is 106 Å². The molecule has 0 amide bonds. The summed E-state index contributed by atoms with van der Waals surface area (Å²) in [6.45, 7) is 5.31. The first-order chi connectivity index (χ1) is 8.54. The summed E-state index contributed by atoms with van der Waals surface area (Å²) >= 11 is 0. The molecule has 1 unspecified atom stereocenters. The van der Waals surface area contributed by atoms with Crippen molar-refractivity contribution in [3.8, 4) is 11.5 Å². The summed E-state index contributed by atoms with van der Waals surface area (Å²) < 4.78 is 5.72. The van der Waals surface area contributed by atoms with E-state index < -0.39 is 0 Å². The van der Waals surface area contributed by atoms with Gasteiger partial charge in [-0.05, 0) is 26.0 Å². The number of ether oxygens (including phenoxy) is 1. The van der Waals surface area contributed by atoms with Gasteiger partial charge in [-0.15, -0.1) is 0 Å². The fourth-order valence-corrected chi connectivity index (χ4v) is 2.96. The maximum atomic E-state index is 9.51. The molecule has 2 aliphatic rings. The highest BCUT2D eigenvalue weighted by Crippen LogP contribution is 2.45. The number of guanidine groups is 1. The van der Waals surface area contributed by atoms with Crippen molar-refractivity contribution in [2.24, 2.45) is 10.7 Å². The lowest BCUT2D eigenvalue weighted by Crippen LogP contribution is -2.53. The van der Waals surface area contributed by atoms with Crippen molar-refractivity contribution >= 4 is 5.96 Å². The molecule has 0 radical (unpaired) electrons. The van der Waals surface area contributed by atoms with Crippen LogP contribution in [0.2, 0.25) is 0 Å². The van der Waals surface area contributed by atoms with E-state index in [1.807, 2.05) is 6.07 Å². The molecule has 1 aromatic rings. The zero-order valence-corrected chi connectivity index (χ0v) is 10.6. The topological polar surface area (TPSA) is 71.1 Å². The first-order valence-electron chi connectivity index (χ1n) is 6.10. The molecule has 18 heavy (non-hydrogen) atoms. The number of fused-ring (bicyclic) bond motifs is 2. The van der Waals surface area contributed by atoms with Crippen LogP contribution in [0.3, 0.4) is 0 Å². The van der Waals surface area contributed by atoms with Gasteiger partial charge in [-0.25, -0.2) is 0 Å². The molecule has 96 valence electrons. The van der Waals surface area contributed by atoms with E-state index in [9.17, 15) is 5.11 Å². The highest BCUT2D eigenvalue weighted by Gasteiger charge is 2.50. The van der Waals surface area contributed by atoms with Crippen LogP contribution in [-0.4, -0.2) is 35.2 Å². The SMILES string of the molecule is CC(C)N1C(N)=NCC12COc1cc(O)ccc12. The number of nitrogens with zero attached hydrogens (tertiary/aromatic N) is 2. The second-order valence-corrected chi connectivity index (χ2v) is 5.14. The van der Waals surface area contributed by atoms with Gasteiger partial charge in [-0.1, -0.05) is 0 Å². The Morgan fingerprint density at radius 3 is 3.00 bits per heavy atom. The lowest BCUT2D eigenvalue weighted by atomic mass is 9.90. The normalized spacial score (nSPS) is 25.5. The molecule has 3 N–H and O–H groups in total. The summed E-state index contributed by atoms with van der Waals surface area (Å²) in [4.78, 5) is 6.48. The highest BCUT2D eigenvalue weighted by molar-refractivity contribution is 5.82. The molecule has 0 saturated heterocycles. The van der Waals surface area contributed by atoms with E-state index in [1.165, 1.54) is 0 Å². The standard InChI is InChI=1S/C13H17N3O2/c1-8(2)16-12(14)15-6-13(16)7-18-11-5-9(17)3-4-10(11)13/h3-5,8,17H,6-7H2,1-2H3,(H2,14,15). The number of aliphatic imine (C=N–C) groups is 1. The predicted octanol–water partition coefficient (Wildman–Crippen LogP) is 1.02. The minimum Gasteiger partial charge on any atom is -0.508 e. The van der Waals surface area contributed by atoms with Crippen LogP contribution >= 0.6 is 0 Å². The number of benzene rings is 1. The molecule has 0 aliphatic carbocycles. The van der Waals surface area contributed by atoms with Gasteiger partial charge in [-0.3, -0.25) is 4.99 Å². The van der Waals surface area contributed by atoms with Crippen LogP contribution in [0, 0.1) is 0 Å². The first-order valence-corrected chi connectivity index (χ1v) is 6.10. The Hall–Kier alpha value is -1.91. The Kier molecular flexibility index (Phi) is 2.20. The molecule has 3 rings (SSSR count). The number of nitrogens with two attached hydrogens (primary N) is 1. The van der Waals surface area contributed by atoms with Gasteiger partial charge in [0.1, 0.15) is 23.6 Å². The molecule has 2 heterocycles. The third kappa shape index (κ3) is 1.30. The largest absolute Gasteiger partial charge is 0.508 e. The van der Waals surface area contributed by atoms with Gasteiger partial charge in [-0.2, -0.15) is 0 Å². The van der Waals surface area contributed by atoms with Crippen molar-refractivity contribution in [3.63, 3.8) is 0 Å². The van der Waals surface area contributed by atoms with E-state index in [-0.39, 0.29) is 17.3 Å². The second-order valence-electron chi connectivity index (χ2n) is 5.14. The van der Waals surface area contributed by atoms with E-state index >= 15 is 0 Å². The Morgan fingerprint density at radius 2 is 2.28 bits per heavy atom. The predicted molar refractivity (Wildman–Crippen MR) is 68.7 cm³/mol. The number of rotatable bonds is 1. The first kappa shape index (κ1) is 11.2. The molecule has 5 heteroatoms. The van der Waals surface area contributed by atoms with E-state index in [0.717, 1.165) is 11.3 Å². The van der Waals surface area contributed by atoms with Crippen molar-refractivity contribution < 1.29 is 9.84 Å². The lowest BCUT2D eigenvalue weighted by molar-refractivity contribution is 0.126.